The Morgan fingerprint density at radius 1 is 1.24 bits per heavy atom. The van der Waals surface area contributed by atoms with E-state index in [9.17, 15) is 4.39 Å². The fourth-order valence-electron chi connectivity index (χ4n) is 1.69. The van der Waals surface area contributed by atoms with Gasteiger partial charge in [-0.15, -0.1) is 0 Å². The van der Waals surface area contributed by atoms with Crippen LogP contribution in [0.25, 0.3) is 11.3 Å². The predicted molar refractivity (Wildman–Crippen MR) is 66.3 cm³/mol. The summed E-state index contributed by atoms with van der Waals surface area (Å²) < 4.78 is 14.2. The molecule has 0 bridgehead atoms. The molecule has 0 unspecified atom stereocenters. The second-order valence-corrected chi connectivity index (χ2v) is 4.24. The molecule has 1 aromatic heterocycles. The zero-order chi connectivity index (χ0) is 12.6. The minimum absolute atomic E-state index is 0.177. The van der Waals surface area contributed by atoms with Crippen molar-refractivity contribution < 1.29 is 4.39 Å². The molecular weight excluding hydrogens is 219 g/mol. The van der Waals surface area contributed by atoms with Gasteiger partial charge in [0.1, 0.15) is 17.3 Å². The van der Waals surface area contributed by atoms with Crippen molar-refractivity contribution in [3.8, 4) is 11.3 Å². The molecule has 5 heteroatoms. The van der Waals surface area contributed by atoms with E-state index in [1.54, 1.807) is 12.1 Å². The van der Waals surface area contributed by atoms with Crippen molar-refractivity contribution >= 4 is 5.82 Å². The van der Waals surface area contributed by atoms with Crippen molar-refractivity contribution in [3.63, 3.8) is 0 Å². The van der Waals surface area contributed by atoms with E-state index >= 15 is 0 Å². The Labute approximate surface area is 99.0 Å². The number of halogens is 1. The average Bonchev–Trinajstić information content (AvgIpc) is 2.58. The Morgan fingerprint density at radius 2 is 1.82 bits per heavy atom. The van der Waals surface area contributed by atoms with E-state index in [2.05, 4.69) is 4.98 Å². The van der Waals surface area contributed by atoms with Crippen LogP contribution < -0.4 is 11.6 Å². The molecule has 2 rings (SSSR count). The van der Waals surface area contributed by atoms with Gasteiger partial charge in [0.2, 0.25) is 0 Å². The summed E-state index contributed by atoms with van der Waals surface area (Å²) >= 11 is 0. The quantitative estimate of drug-likeness (QED) is 0.782. The van der Waals surface area contributed by atoms with Gasteiger partial charge in [0.05, 0.1) is 0 Å². The molecule has 0 atom stereocenters. The molecule has 0 aliphatic carbocycles. The lowest BCUT2D eigenvalue weighted by atomic mass is 10.1. The Balaban J connectivity index is 2.53. The fraction of sp³-hybridized carbons (Fsp3) is 0.250. The number of nitrogens with zero attached hydrogens (tertiary/aromatic N) is 2. The van der Waals surface area contributed by atoms with Crippen LogP contribution in [-0.4, -0.2) is 9.66 Å². The van der Waals surface area contributed by atoms with E-state index in [-0.39, 0.29) is 11.7 Å². The number of aromatic nitrogens is 2. The maximum atomic E-state index is 12.8. The molecule has 0 fully saturated rings. The third-order valence-corrected chi connectivity index (χ3v) is 2.61. The van der Waals surface area contributed by atoms with Crippen LogP contribution in [0.15, 0.2) is 24.3 Å². The van der Waals surface area contributed by atoms with E-state index in [0.29, 0.717) is 17.3 Å². The molecule has 0 radical (unpaired) electrons. The lowest BCUT2D eigenvalue weighted by Gasteiger charge is -2.04. The highest BCUT2D eigenvalue weighted by molar-refractivity contribution is 5.71. The van der Waals surface area contributed by atoms with Crippen LogP contribution in [0.5, 0.6) is 0 Å². The summed E-state index contributed by atoms with van der Waals surface area (Å²) in [6.45, 7) is 3.97. The number of imidazole rings is 1. The van der Waals surface area contributed by atoms with Gasteiger partial charge in [-0.05, 0) is 24.3 Å². The standard InChI is InChI=1S/C12H15FN4/c1-7(2)12-16-10(11(14)17(12)15)8-3-5-9(13)6-4-8/h3-7H,14-15H2,1-2H3. The summed E-state index contributed by atoms with van der Waals surface area (Å²) in [6.07, 6.45) is 0. The van der Waals surface area contributed by atoms with Crippen molar-refractivity contribution in [2.24, 2.45) is 0 Å². The molecule has 17 heavy (non-hydrogen) atoms. The second-order valence-electron chi connectivity index (χ2n) is 4.24. The molecule has 0 amide bonds. The summed E-state index contributed by atoms with van der Waals surface area (Å²) in [5.41, 5.74) is 7.25. The molecule has 2 aromatic rings. The van der Waals surface area contributed by atoms with Gasteiger partial charge in [-0.25, -0.2) is 14.1 Å². The Morgan fingerprint density at radius 3 is 2.29 bits per heavy atom. The van der Waals surface area contributed by atoms with Crippen LogP contribution in [-0.2, 0) is 0 Å². The zero-order valence-electron chi connectivity index (χ0n) is 9.81. The van der Waals surface area contributed by atoms with Gasteiger partial charge in [-0.2, -0.15) is 0 Å². The highest BCUT2D eigenvalue weighted by Gasteiger charge is 2.16. The van der Waals surface area contributed by atoms with E-state index in [1.807, 2.05) is 13.8 Å². The van der Waals surface area contributed by atoms with E-state index in [4.69, 9.17) is 11.6 Å². The third-order valence-electron chi connectivity index (χ3n) is 2.61. The first kappa shape index (κ1) is 11.4. The molecule has 0 aliphatic heterocycles. The molecule has 90 valence electrons. The molecule has 0 aliphatic rings. The number of anilines is 1. The molecular formula is C12H15FN4. The van der Waals surface area contributed by atoms with Crippen molar-refractivity contribution in [2.75, 3.05) is 11.6 Å². The molecule has 4 N–H and O–H groups in total. The predicted octanol–water partition coefficient (Wildman–Crippen LogP) is 2.11. The highest BCUT2D eigenvalue weighted by Crippen LogP contribution is 2.27. The third kappa shape index (κ3) is 1.95. The monoisotopic (exact) mass is 234 g/mol. The lowest BCUT2D eigenvalue weighted by Crippen LogP contribution is -2.16. The van der Waals surface area contributed by atoms with Crippen LogP contribution in [0.2, 0.25) is 0 Å². The molecule has 4 nitrogen and oxygen atoms in total. The Kier molecular flexibility index (Phi) is 2.75. The minimum atomic E-state index is -0.288. The van der Waals surface area contributed by atoms with E-state index in [0.717, 1.165) is 5.56 Å². The van der Waals surface area contributed by atoms with Crippen molar-refractivity contribution in [2.45, 2.75) is 19.8 Å². The molecule has 0 saturated carbocycles. The van der Waals surface area contributed by atoms with Gasteiger partial charge in [0.25, 0.3) is 0 Å². The van der Waals surface area contributed by atoms with Gasteiger partial charge in [-0.1, -0.05) is 13.8 Å². The molecule has 1 heterocycles. The van der Waals surface area contributed by atoms with Gasteiger partial charge in [0.15, 0.2) is 5.82 Å². The Bertz CT molecular complexity index is 528. The number of nitrogen functional groups attached to an aromatic ring is 2. The normalized spacial score (nSPS) is 11.1. The van der Waals surface area contributed by atoms with Crippen LogP contribution in [0.1, 0.15) is 25.6 Å². The first-order valence-electron chi connectivity index (χ1n) is 5.40. The maximum Gasteiger partial charge on any atom is 0.150 e. The SMILES string of the molecule is CC(C)c1nc(-c2ccc(F)cc2)c(N)n1N. The summed E-state index contributed by atoms with van der Waals surface area (Å²) in [5, 5.41) is 0. The van der Waals surface area contributed by atoms with Crippen LogP contribution in [0, 0.1) is 5.82 Å². The van der Waals surface area contributed by atoms with Crippen LogP contribution >= 0.6 is 0 Å². The van der Waals surface area contributed by atoms with Crippen LogP contribution in [0.3, 0.4) is 0 Å². The van der Waals surface area contributed by atoms with E-state index in [1.165, 1.54) is 16.8 Å². The van der Waals surface area contributed by atoms with Gasteiger partial charge >= 0.3 is 0 Å². The number of hydrogen-bond donors (Lipinski definition) is 2. The second kappa shape index (κ2) is 4.08. The largest absolute Gasteiger partial charge is 0.382 e. The van der Waals surface area contributed by atoms with Gasteiger partial charge in [0, 0.05) is 11.5 Å². The smallest absolute Gasteiger partial charge is 0.150 e. The summed E-state index contributed by atoms with van der Waals surface area (Å²) in [7, 11) is 0. The van der Waals surface area contributed by atoms with Crippen molar-refractivity contribution in [3.05, 3.63) is 35.9 Å². The summed E-state index contributed by atoms with van der Waals surface area (Å²) in [4.78, 5) is 4.40. The number of benzene rings is 1. The zero-order valence-corrected chi connectivity index (χ0v) is 9.81. The van der Waals surface area contributed by atoms with Crippen molar-refractivity contribution in [1.82, 2.24) is 9.66 Å². The molecule has 1 aromatic carbocycles. The van der Waals surface area contributed by atoms with Crippen molar-refractivity contribution in [1.29, 1.82) is 0 Å². The maximum absolute atomic E-state index is 12.8. The number of nitrogens with two attached hydrogens (primary N) is 2. The minimum Gasteiger partial charge on any atom is -0.382 e. The summed E-state index contributed by atoms with van der Waals surface area (Å²) in [6, 6.07) is 6.02. The van der Waals surface area contributed by atoms with E-state index < -0.39 is 0 Å². The molecule has 0 spiro atoms. The highest BCUT2D eigenvalue weighted by atomic mass is 19.1. The fourth-order valence-corrected chi connectivity index (χ4v) is 1.69. The molecule has 0 saturated heterocycles. The topological polar surface area (TPSA) is 69.9 Å². The average molecular weight is 234 g/mol. The van der Waals surface area contributed by atoms with Crippen LogP contribution in [0.4, 0.5) is 10.2 Å². The Hall–Kier alpha value is -2.04. The first-order valence-corrected chi connectivity index (χ1v) is 5.40. The number of hydrogen-bond acceptors (Lipinski definition) is 3. The summed E-state index contributed by atoms with van der Waals surface area (Å²) in [5.74, 6) is 6.81. The lowest BCUT2D eigenvalue weighted by molar-refractivity contribution is 0.628. The number of rotatable bonds is 2. The van der Waals surface area contributed by atoms with Gasteiger partial charge < -0.3 is 11.6 Å². The van der Waals surface area contributed by atoms with Gasteiger partial charge in [-0.3, -0.25) is 0 Å². The first-order chi connectivity index (χ1) is 8.00.